The van der Waals surface area contributed by atoms with Gasteiger partial charge in [-0.05, 0) is 37.6 Å². The molecule has 1 aromatic carbocycles. The maximum Gasteiger partial charge on any atom is 0.416 e. The number of aromatic nitrogens is 1. The van der Waals surface area contributed by atoms with Gasteiger partial charge in [0.15, 0.2) is 5.69 Å². The highest BCUT2D eigenvalue weighted by atomic mass is 19.4. The predicted octanol–water partition coefficient (Wildman–Crippen LogP) is 3.55. The molecule has 0 spiro atoms. The monoisotopic (exact) mass is 380 g/mol. The third-order valence-corrected chi connectivity index (χ3v) is 3.77. The Balaban J connectivity index is 2.47. The number of aromatic hydroxyl groups is 1. The van der Waals surface area contributed by atoms with Gasteiger partial charge in [-0.15, -0.1) is 5.11 Å². The van der Waals surface area contributed by atoms with Gasteiger partial charge in [0, 0.05) is 18.7 Å². The van der Waals surface area contributed by atoms with Crippen LogP contribution in [0, 0.1) is 18.3 Å². The minimum Gasteiger partial charge on any atom is -0.493 e. The average molecular weight is 380 g/mol. The van der Waals surface area contributed by atoms with Gasteiger partial charge >= 0.3 is 6.18 Å². The first-order chi connectivity index (χ1) is 12.7. The summed E-state index contributed by atoms with van der Waals surface area (Å²) < 4.78 is 38.6. The highest BCUT2D eigenvalue weighted by molar-refractivity contribution is 5.56. The molecule has 2 aromatic rings. The molecule has 7 nitrogen and oxygen atoms in total. The van der Waals surface area contributed by atoms with Crippen LogP contribution in [0.2, 0.25) is 0 Å². The van der Waals surface area contributed by atoms with Gasteiger partial charge in [-0.3, -0.25) is 9.36 Å². The van der Waals surface area contributed by atoms with E-state index >= 15 is 0 Å². The molecule has 0 radical (unpaired) electrons. The van der Waals surface area contributed by atoms with Crippen LogP contribution in [-0.2, 0) is 12.7 Å². The number of rotatable bonds is 5. The molecule has 0 saturated carbocycles. The summed E-state index contributed by atoms with van der Waals surface area (Å²) in [6.45, 7) is 1.13. The van der Waals surface area contributed by atoms with E-state index in [1.807, 2.05) is 0 Å². The van der Waals surface area contributed by atoms with Gasteiger partial charge in [0.2, 0.25) is 5.88 Å². The zero-order chi connectivity index (χ0) is 20.2. The van der Waals surface area contributed by atoms with Crippen molar-refractivity contribution in [2.45, 2.75) is 26.1 Å². The van der Waals surface area contributed by atoms with E-state index in [0.717, 1.165) is 28.8 Å². The predicted molar refractivity (Wildman–Crippen MR) is 89.1 cm³/mol. The van der Waals surface area contributed by atoms with E-state index in [4.69, 9.17) is 5.11 Å². The molecule has 27 heavy (non-hydrogen) atoms. The molecule has 142 valence electrons. The first-order valence-electron chi connectivity index (χ1n) is 7.77. The van der Waals surface area contributed by atoms with Crippen molar-refractivity contribution in [1.29, 1.82) is 5.26 Å². The number of alkyl halides is 3. The highest BCUT2D eigenvalue weighted by Gasteiger charge is 2.30. The van der Waals surface area contributed by atoms with Crippen molar-refractivity contribution in [2.75, 3.05) is 6.61 Å². The van der Waals surface area contributed by atoms with Gasteiger partial charge in [-0.25, -0.2) is 0 Å². The van der Waals surface area contributed by atoms with Gasteiger partial charge < -0.3 is 10.2 Å². The summed E-state index contributed by atoms with van der Waals surface area (Å²) in [7, 11) is 0. The Morgan fingerprint density at radius 3 is 2.37 bits per heavy atom. The first-order valence-corrected chi connectivity index (χ1v) is 7.77. The van der Waals surface area contributed by atoms with Crippen LogP contribution in [0.5, 0.6) is 5.88 Å². The van der Waals surface area contributed by atoms with Crippen molar-refractivity contribution >= 4 is 11.4 Å². The summed E-state index contributed by atoms with van der Waals surface area (Å²) in [5.74, 6) is -0.540. The number of halogens is 3. The number of benzene rings is 1. The van der Waals surface area contributed by atoms with Crippen molar-refractivity contribution in [2.24, 2.45) is 10.2 Å². The number of aliphatic hydroxyl groups is 1. The Morgan fingerprint density at radius 1 is 1.22 bits per heavy atom. The van der Waals surface area contributed by atoms with Crippen LogP contribution in [-0.4, -0.2) is 21.4 Å². The van der Waals surface area contributed by atoms with Gasteiger partial charge in [0.05, 0.1) is 11.3 Å². The van der Waals surface area contributed by atoms with Gasteiger partial charge in [-0.1, -0.05) is 0 Å². The van der Waals surface area contributed by atoms with Crippen LogP contribution in [0.3, 0.4) is 0 Å². The Morgan fingerprint density at radius 2 is 1.85 bits per heavy atom. The standard InChI is InChI=1S/C17H15F3N4O3/c1-10-13(9-21)15(26)24(7-2-8-25)16(27)14(10)23-22-12-5-3-11(4-6-12)17(18,19)20/h3-6,25-26H,2,7-8H2,1H3. The maximum absolute atomic E-state index is 12.6. The zero-order valence-corrected chi connectivity index (χ0v) is 14.2. The molecule has 10 heteroatoms. The molecule has 2 rings (SSSR count). The summed E-state index contributed by atoms with van der Waals surface area (Å²) in [5, 5.41) is 35.7. The quantitative estimate of drug-likeness (QED) is 0.773. The number of hydrogen-bond acceptors (Lipinski definition) is 6. The fourth-order valence-corrected chi connectivity index (χ4v) is 2.32. The fourth-order valence-electron chi connectivity index (χ4n) is 2.32. The number of aliphatic hydroxyl groups excluding tert-OH is 1. The van der Waals surface area contributed by atoms with E-state index in [9.17, 15) is 28.3 Å². The van der Waals surface area contributed by atoms with Gasteiger partial charge in [-0.2, -0.15) is 23.5 Å². The second kappa shape index (κ2) is 8.01. The lowest BCUT2D eigenvalue weighted by atomic mass is 10.1. The number of nitrogens with zero attached hydrogens (tertiary/aromatic N) is 4. The topological polar surface area (TPSA) is 111 Å². The van der Waals surface area contributed by atoms with E-state index in [0.29, 0.717) is 0 Å². The molecular formula is C17H15F3N4O3. The minimum atomic E-state index is -4.48. The van der Waals surface area contributed by atoms with Gasteiger partial charge in [0.25, 0.3) is 5.56 Å². The molecule has 1 heterocycles. The molecule has 0 aliphatic heterocycles. The van der Waals surface area contributed by atoms with Crippen LogP contribution in [0.1, 0.15) is 23.1 Å². The Labute approximate surface area is 151 Å². The van der Waals surface area contributed by atoms with E-state index in [1.54, 1.807) is 6.07 Å². The fraction of sp³-hybridized carbons (Fsp3) is 0.294. The van der Waals surface area contributed by atoms with E-state index in [1.165, 1.54) is 6.92 Å². The molecular weight excluding hydrogens is 365 g/mol. The molecule has 0 unspecified atom stereocenters. The lowest BCUT2D eigenvalue weighted by molar-refractivity contribution is -0.137. The normalized spacial score (nSPS) is 11.7. The molecule has 0 atom stereocenters. The van der Waals surface area contributed by atoms with Crippen molar-refractivity contribution < 1.29 is 23.4 Å². The van der Waals surface area contributed by atoms with Crippen LogP contribution in [0.25, 0.3) is 0 Å². The van der Waals surface area contributed by atoms with Crippen molar-refractivity contribution in [3.63, 3.8) is 0 Å². The molecule has 0 saturated heterocycles. The third-order valence-electron chi connectivity index (χ3n) is 3.77. The summed E-state index contributed by atoms with van der Waals surface area (Å²) in [6.07, 6.45) is -4.32. The second-order valence-electron chi connectivity index (χ2n) is 5.56. The second-order valence-corrected chi connectivity index (χ2v) is 5.56. The molecule has 0 aliphatic carbocycles. The number of nitriles is 1. The van der Waals surface area contributed by atoms with E-state index in [-0.39, 0.29) is 42.1 Å². The molecule has 0 aliphatic rings. The lowest BCUT2D eigenvalue weighted by Crippen LogP contribution is -2.22. The summed E-state index contributed by atoms with van der Waals surface area (Å²) in [4.78, 5) is 12.5. The Bertz CT molecular complexity index is 958. The average Bonchev–Trinajstić information content (AvgIpc) is 2.61. The summed E-state index contributed by atoms with van der Waals surface area (Å²) in [6, 6.07) is 5.62. The van der Waals surface area contributed by atoms with Crippen molar-refractivity contribution in [1.82, 2.24) is 4.57 Å². The molecule has 0 amide bonds. The molecule has 0 fully saturated rings. The molecule has 0 bridgehead atoms. The van der Waals surface area contributed by atoms with Crippen LogP contribution < -0.4 is 5.56 Å². The zero-order valence-electron chi connectivity index (χ0n) is 14.2. The maximum atomic E-state index is 12.6. The summed E-state index contributed by atoms with van der Waals surface area (Å²) in [5.41, 5.74) is -1.80. The lowest BCUT2D eigenvalue weighted by Gasteiger charge is -2.12. The van der Waals surface area contributed by atoms with E-state index < -0.39 is 23.2 Å². The van der Waals surface area contributed by atoms with Gasteiger partial charge in [0.1, 0.15) is 11.6 Å². The third kappa shape index (κ3) is 4.32. The van der Waals surface area contributed by atoms with Crippen LogP contribution in [0.15, 0.2) is 39.3 Å². The Hall–Kier alpha value is -3.19. The number of hydrogen-bond donors (Lipinski definition) is 2. The van der Waals surface area contributed by atoms with Crippen molar-refractivity contribution in [3.8, 4) is 11.9 Å². The Kier molecular flexibility index (Phi) is 5.97. The number of pyridine rings is 1. The smallest absolute Gasteiger partial charge is 0.416 e. The summed E-state index contributed by atoms with van der Waals surface area (Å²) >= 11 is 0. The molecule has 2 N–H and O–H groups in total. The van der Waals surface area contributed by atoms with Crippen LogP contribution >= 0.6 is 0 Å². The number of azo groups is 1. The van der Waals surface area contributed by atoms with Crippen LogP contribution in [0.4, 0.5) is 24.5 Å². The van der Waals surface area contributed by atoms with Crippen molar-refractivity contribution in [3.05, 3.63) is 51.3 Å². The molecule has 1 aromatic heterocycles. The SMILES string of the molecule is Cc1c(C#N)c(O)n(CCCO)c(=O)c1N=Nc1ccc(C(F)(F)F)cc1. The first kappa shape index (κ1) is 20.1. The largest absolute Gasteiger partial charge is 0.493 e. The van der Waals surface area contributed by atoms with E-state index in [2.05, 4.69) is 10.2 Å². The minimum absolute atomic E-state index is 0.0427. The highest BCUT2D eigenvalue weighted by Crippen LogP contribution is 2.31.